The normalized spacial score (nSPS) is 11.4. The Kier molecular flexibility index (Phi) is 5.52. The molecular weight excluding hydrogens is 412 g/mol. The Bertz CT molecular complexity index is 1360. The predicted octanol–water partition coefficient (Wildman–Crippen LogP) is 4.43. The minimum atomic E-state index is -3.74. The molecule has 0 aliphatic heterocycles. The molecule has 1 amide bonds. The average Bonchev–Trinajstić information content (AvgIpc) is 3.13. The molecule has 0 unspecified atom stereocenters. The molecule has 4 rings (SSSR count). The monoisotopic (exact) mass is 434 g/mol. The number of hydrogen-bond acceptors (Lipinski definition) is 4. The molecule has 1 N–H and O–H groups in total. The zero-order valence-corrected chi connectivity index (χ0v) is 18.0. The van der Waals surface area contributed by atoms with Crippen LogP contribution in [-0.4, -0.2) is 26.0 Å². The molecule has 0 bridgehead atoms. The fourth-order valence-electron chi connectivity index (χ4n) is 3.49. The minimum absolute atomic E-state index is 0.0397. The van der Waals surface area contributed by atoms with E-state index in [0.29, 0.717) is 22.3 Å². The number of rotatable bonds is 6. The van der Waals surface area contributed by atoms with Crippen LogP contribution in [0.25, 0.3) is 10.9 Å². The Labute approximate surface area is 181 Å². The van der Waals surface area contributed by atoms with Crippen LogP contribution in [0, 0.1) is 6.92 Å². The van der Waals surface area contributed by atoms with Gasteiger partial charge in [-0.15, -0.1) is 0 Å². The van der Waals surface area contributed by atoms with E-state index in [9.17, 15) is 13.2 Å². The van der Waals surface area contributed by atoms with Crippen molar-refractivity contribution in [1.82, 2.24) is 4.57 Å². The van der Waals surface area contributed by atoms with Gasteiger partial charge in [-0.05, 0) is 37.3 Å². The zero-order chi connectivity index (χ0) is 22.0. The molecular formula is C24H22N2O4S. The highest BCUT2D eigenvalue weighted by Crippen LogP contribution is 2.30. The molecule has 1 heterocycles. The third-order valence-electron chi connectivity index (χ3n) is 5.07. The third-order valence-corrected chi connectivity index (χ3v) is 6.86. The van der Waals surface area contributed by atoms with Gasteiger partial charge in [0.2, 0.25) is 15.7 Å². The lowest BCUT2D eigenvalue weighted by Gasteiger charge is -2.10. The maximum absolute atomic E-state index is 13.3. The van der Waals surface area contributed by atoms with E-state index in [1.54, 1.807) is 65.2 Å². The summed E-state index contributed by atoms with van der Waals surface area (Å²) in [4.78, 5) is 13.1. The lowest BCUT2D eigenvalue weighted by Crippen LogP contribution is -2.18. The van der Waals surface area contributed by atoms with Crippen LogP contribution in [0.4, 0.5) is 5.69 Å². The number of aromatic nitrogens is 1. The highest BCUT2D eigenvalue weighted by atomic mass is 32.2. The number of nitrogens with zero attached hydrogens (tertiary/aromatic N) is 1. The van der Waals surface area contributed by atoms with Crippen molar-refractivity contribution in [3.8, 4) is 5.75 Å². The van der Waals surface area contributed by atoms with Crippen LogP contribution in [0.5, 0.6) is 5.75 Å². The number of nitrogens with one attached hydrogen (secondary N) is 1. The lowest BCUT2D eigenvalue weighted by molar-refractivity contribution is -0.116. The molecule has 0 saturated heterocycles. The molecule has 0 atom stereocenters. The number of carbonyl (C=O) groups excluding carboxylic acids is 1. The molecule has 158 valence electrons. The average molecular weight is 435 g/mol. The molecule has 3 aromatic carbocycles. The van der Waals surface area contributed by atoms with Gasteiger partial charge in [0.05, 0.1) is 22.6 Å². The molecule has 31 heavy (non-hydrogen) atoms. The van der Waals surface area contributed by atoms with E-state index in [1.165, 1.54) is 13.3 Å². The molecule has 1 aromatic heterocycles. The van der Waals surface area contributed by atoms with Crippen molar-refractivity contribution >= 4 is 32.3 Å². The summed E-state index contributed by atoms with van der Waals surface area (Å²) < 4.78 is 33.5. The van der Waals surface area contributed by atoms with Crippen molar-refractivity contribution < 1.29 is 17.9 Å². The van der Waals surface area contributed by atoms with Gasteiger partial charge in [-0.3, -0.25) is 4.79 Å². The van der Waals surface area contributed by atoms with Gasteiger partial charge in [0.25, 0.3) is 0 Å². The standard InChI is InChI=1S/C24H22N2O4S/c1-17-11-13-18(14-12-17)31(28,29)23-15-26(21-9-5-3-7-19(21)23)16-24(27)25-20-8-4-6-10-22(20)30-2/h3-15H,16H2,1-2H3,(H,25,27). The van der Waals surface area contributed by atoms with Gasteiger partial charge in [0.1, 0.15) is 12.3 Å². The number of para-hydroxylation sites is 3. The largest absolute Gasteiger partial charge is 0.495 e. The lowest BCUT2D eigenvalue weighted by atomic mass is 10.2. The van der Waals surface area contributed by atoms with Gasteiger partial charge < -0.3 is 14.6 Å². The van der Waals surface area contributed by atoms with E-state index >= 15 is 0 Å². The number of methoxy groups -OCH3 is 1. The number of fused-ring (bicyclic) bond motifs is 1. The molecule has 7 heteroatoms. The second-order valence-corrected chi connectivity index (χ2v) is 9.12. The number of benzene rings is 3. The number of ether oxygens (including phenoxy) is 1. The molecule has 0 fully saturated rings. The first-order valence-electron chi connectivity index (χ1n) is 9.72. The molecule has 0 aliphatic carbocycles. The van der Waals surface area contributed by atoms with Crippen LogP contribution in [0.1, 0.15) is 5.56 Å². The molecule has 0 radical (unpaired) electrons. The second kappa shape index (κ2) is 8.28. The van der Waals surface area contributed by atoms with Gasteiger partial charge in [0, 0.05) is 17.1 Å². The summed E-state index contributed by atoms with van der Waals surface area (Å²) in [5, 5.41) is 3.40. The Morgan fingerprint density at radius 2 is 1.65 bits per heavy atom. The van der Waals surface area contributed by atoms with Crippen molar-refractivity contribution in [3.63, 3.8) is 0 Å². The Balaban J connectivity index is 1.70. The second-order valence-electron chi connectivity index (χ2n) is 7.20. The van der Waals surface area contributed by atoms with Crippen LogP contribution in [0.2, 0.25) is 0 Å². The molecule has 4 aromatic rings. The van der Waals surface area contributed by atoms with E-state index in [2.05, 4.69) is 5.32 Å². The summed E-state index contributed by atoms with van der Waals surface area (Å²) in [6.45, 7) is 1.87. The van der Waals surface area contributed by atoms with Gasteiger partial charge in [-0.25, -0.2) is 8.42 Å². The van der Waals surface area contributed by atoms with Crippen molar-refractivity contribution in [2.75, 3.05) is 12.4 Å². The van der Waals surface area contributed by atoms with Gasteiger partial charge in [0.15, 0.2) is 0 Å². The van der Waals surface area contributed by atoms with Crippen LogP contribution < -0.4 is 10.1 Å². The smallest absolute Gasteiger partial charge is 0.244 e. The third kappa shape index (κ3) is 4.04. The summed E-state index contributed by atoms with van der Waals surface area (Å²) in [5.41, 5.74) is 2.21. The number of aryl methyl sites for hydroxylation is 1. The number of sulfone groups is 1. The maximum Gasteiger partial charge on any atom is 0.244 e. The summed E-state index contributed by atoms with van der Waals surface area (Å²) in [6, 6.07) is 21.0. The predicted molar refractivity (Wildman–Crippen MR) is 120 cm³/mol. The van der Waals surface area contributed by atoms with Crippen molar-refractivity contribution in [1.29, 1.82) is 0 Å². The van der Waals surface area contributed by atoms with E-state index < -0.39 is 9.84 Å². The molecule has 6 nitrogen and oxygen atoms in total. The van der Waals surface area contributed by atoms with Crippen molar-refractivity contribution in [3.05, 3.63) is 84.6 Å². The maximum atomic E-state index is 13.3. The SMILES string of the molecule is COc1ccccc1NC(=O)Cn1cc(S(=O)(=O)c2ccc(C)cc2)c2ccccc21. The zero-order valence-electron chi connectivity index (χ0n) is 17.2. The number of hydrogen-bond donors (Lipinski definition) is 1. The van der Waals surface area contributed by atoms with Crippen molar-refractivity contribution in [2.24, 2.45) is 0 Å². The summed E-state index contributed by atoms with van der Waals surface area (Å²) in [7, 11) is -2.21. The Hall–Kier alpha value is -3.58. The first-order valence-corrected chi connectivity index (χ1v) is 11.2. The number of carbonyl (C=O) groups is 1. The first-order chi connectivity index (χ1) is 14.9. The van der Waals surface area contributed by atoms with Crippen LogP contribution in [0.3, 0.4) is 0 Å². The highest BCUT2D eigenvalue weighted by molar-refractivity contribution is 7.91. The highest BCUT2D eigenvalue weighted by Gasteiger charge is 2.24. The van der Waals surface area contributed by atoms with E-state index in [4.69, 9.17) is 4.74 Å². The topological polar surface area (TPSA) is 77.4 Å². The van der Waals surface area contributed by atoms with Crippen LogP contribution in [-0.2, 0) is 21.2 Å². The molecule has 0 saturated carbocycles. The van der Waals surface area contributed by atoms with E-state index in [1.807, 2.05) is 19.1 Å². The fraction of sp³-hybridized carbons (Fsp3) is 0.125. The van der Waals surface area contributed by atoms with Crippen LogP contribution >= 0.6 is 0 Å². The van der Waals surface area contributed by atoms with Crippen LogP contribution in [0.15, 0.2) is 88.8 Å². The fourth-order valence-corrected chi connectivity index (χ4v) is 4.97. The molecule has 0 aliphatic rings. The summed E-state index contributed by atoms with van der Waals surface area (Å²) in [6.07, 6.45) is 1.53. The number of amides is 1. The van der Waals surface area contributed by atoms with Crippen molar-refractivity contribution in [2.45, 2.75) is 23.3 Å². The van der Waals surface area contributed by atoms with Gasteiger partial charge >= 0.3 is 0 Å². The van der Waals surface area contributed by atoms with Gasteiger partial charge in [-0.1, -0.05) is 48.0 Å². The number of anilines is 1. The Morgan fingerprint density at radius 1 is 0.968 bits per heavy atom. The van der Waals surface area contributed by atoms with E-state index in [0.717, 1.165) is 5.56 Å². The van der Waals surface area contributed by atoms with Gasteiger partial charge in [-0.2, -0.15) is 0 Å². The Morgan fingerprint density at radius 3 is 2.39 bits per heavy atom. The molecule has 0 spiro atoms. The minimum Gasteiger partial charge on any atom is -0.495 e. The first kappa shape index (κ1) is 20.7. The quantitative estimate of drug-likeness (QED) is 0.487. The summed E-state index contributed by atoms with van der Waals surface area (Å²) >= 11 is 0. The summed E-state index contributed by atoms with van der Waals surface area (Å²) in [5.74, 6) is 0.264. The van der Waals surface area contributed by atoms with E-state index in [-0.39, 0.29) is 22.2 Å².